The molecule has 1 aromatic carbocycles. The van der Waals surface area contributed by atoms with Gasteiger partial charge in [-0.3, -0.25) is 20.4 Å². The van der Waals surface area contributed by atoms with Gasteiger partial charge >= 0.3 is 0 Å². The van der Waals surface area contributed by atoms with Crippen molar-refractivity contribution in [1.29, 1.82) is 0 Å². The predicted molar refractivity (Wildman–Crippen MR) is 89.6 cm³/mol. The third-order valence-electron chi connectivity index (χ3n) is 3.13. The number of carbonyl (C=O) groups is 2. The number of amides is 2. The normalized spacial score (nSPS) is 9.96. The van der Waals surface area contributed by atoms with E-state index < -0.39 is 5.91 Å². The van der Waals surface area contributed by atoms with E-state index in [1.54, 1.807) is 13.0 Å². The van der Waals surface area contributed by atoms with Crippen LogP contribution in [-0.2, 0) is 11.2 Å². The summed E-state index contributed by atoms with van der Waals surface area (Å²) in [6.07, 6.45) is 2.35. The molecule has 0 atom stereocenters. The summed E-state index contributed by atoms with van der Waals surface area (Å²) >= 11 is 4.96. The molecular formula is C16H17N3O3S. The largest absolute Gasteiger partial charge is 0.469 e. The Morgan fingerprint density at radius 3 is 2.52 bits per heavy atom. The molecule has 0 bridgehead atoms. The molecule has 0 aliphatic heterocycles. The highest BCUT2D eigenvalue weighted by Crippen LogP contribution is 2.07. The average Bonchev–Trinajstić information content (AvgIpc) is 2.98. The Morgan fingerprint density at radius 1 is 1.13 bits per heavy atom. The molecule has 0 fully saturated rings. The minimum atomic E-state index is -0.392. The fraction of sp³-hybridized carbons (Fsp3) is 0.188. The van der Waals surface area contributed by atoms with Gasteiger partial charge in [-0.15, -0.1) is 0 Å². The van der Waals surface area contributed by atoms with Crippen molar-refractivity contribution in [1.82, 2.24) is 16.2 Å². The van der Waals surface area contributed by atoms with Gasteiger partial charge < -0.3 is 9.73 Å². The number of rotatable bonds is 4. The molecule has 0 radical (unpaired) electrons. The van der Waals surface area contributed by atoms with E-state index in [0.717, 1.165) is 5.56 Å². The van der Waals surface area contributed by atoms with E-state index in [0.29, 0.717) is 24.2 Å². The van der Waals surface area contributed by atoms with Crippen molar-refractivity contribution in [2.24, 2.45) is 0 Å². The highest BCUT2D eigenvalue weighted by molar-refractivity contribution is 7.80. The van der Waals surface area contributed by atoms with Crippen molar-refractivity contribution in [2.45, 2.75) is 19.8 Å². The zero-order valence-corrected chi connectivity index (χ0v) is 13.4. The number of carbonyl (C=O) groups excluding carboxylic acids is 2. The van der Waals surface area contributed by atoms with Crippen molar-refractivity contribution in [2.75, 3.05) is 0 Å². The smallest absolute Gasteiger partial charge is 0.273 e. The van der Waals surface area contributed by atoms with Crippen molar-refractivity contribution in [3.63, 3.8) is 0 Å². The van der Waals surface area contributed by atoms with E-state index in [9.17, 15) is 9.59 Å². The van der Waals surface area contributed by atoms with Gasteiger partial charge in [0, 0.05) is 6.42 Å². The highest BCUT2D eigenvalue weighted by Gasteiger charge is 2.12. The number of aryl methyl sites for hydroxylation is 2. The van der Waals surface area contributed by atoms with Crippen LogP contribution in [0, 0.1) is 6.92 Å². The van der Waals surface area contributed by atoms with Gasteiger partial charge in [0.1, 0.15) is 5.76 Å². The van der Waals surface area contributed by atoms with Crippen LogP contribution in [0.1, 0.15) is 28.1 Å². The first-order chi connectivity index (χ1) is 11.1. The van der Waals surface area contributed by atoms with Crippen LogP contribution in [-0.4, -0.2) is 16.9 Å². The van der Waals surface area contributed by atoms with Gasteiger partial charge in [-0.05, 0) is 37.2 Å². The zero-order valence-electron chi connectivity index (χ0n) is 12.6. The van der Waals surface area contributed by atoms with Crippen LogP contribution in [0.5, 0.6) is 0 Å². The first-order valence-electron chi connectivity index (χ1n) is 7.04. The van der Waals surface area contributed by atoms with Gasteiger partial charge in [0.25, 0.3) is 5.91 Å². The second kappa shape index (κ2) is 8.09. The van der Waals surface area contributed by atoms with Crippen molar-refractivity contribution < 1.29 is 14.0 Å². The number of hydrazine groups is 1. The highest BCUT2D eigenvalue weighted by atomic mass is 32.1. The number of furan rings is 1. The van der Waals surface area contributed by atoms with Crippen molar-refractivity contribution in [3.05, 3.63) is 59.5 Å². The maximum Gasteiger partial charge on any atom is 0.273 e. The Bertz CT molecular complexity index is 698. The lowest BCUT2D eigenvalue weighted by atomic mass is 10.1. The Hall–Kier alpha value is -2.67. The second-order valence-electron chi connectivity index (χ2n) is 4.83. The van der Waals surface area contributed by atoms with Crippen LogP contribution in [0.3, 0.4) is 0 Å². The summed E-state index contributed by atoms with van der Waals surface area (Å²) in [5.41, 5.74) is 6.36. The fourth-order valence-corrected chi connectivity index (χ4v) is 2.09. The molecule has 0 unspecified atom stereocenters. The monoisotopic (exact) mass is 331 g/mol. The third-order valence-corrected chi connectivity index (χ3v) is 3.33. The van der Waals surface area contributed by atoms with Crippen LogP contribution in [0.25, 0.3) is 0 Å². The summed E-state index contributed by atoms with van der Waals surface area (Å²) in [6, 6.07) is 11.2. The van der Waals surface area contributed by atoms with Gasteiger partial charge in [-0.25, -0.2) is 0 Å². The summed E-state index contributed by atoms with van der Waals surface area (Å²) < 4.78 is 5.04. The van der Waals surface area contributed by atoms with Gasteiger partial charge in [0.2, 0.25) is 5.91 Å². The molecule has 0 spiro atoms. The summed E-state index contributed by atoms with van der Waals surface area (Å²) in [7, 11) is 0. The number of hydrogen-bond donors (Lipinski definition) is 3. The molecular weight excluding hydrogens is 314 g/mol. The molecule has 120 valence electrons. The average molecular weight is 331 g/mol. The molecule has 6 nitrogen and oxygen atoms in total. The quantitative estimate of drug-likeness (QED) is 0.588. The molecule has 3 N–H and O–H groups in total. The van der Waals surface area contributed by atoms with E-state index in [2.05, 4.69) is 16.2 Å². The summed E-state index contributed by atoms with van der Waals surface area (Å²) in [5, 5.41) is 2.55. The van der Waals surface area contributed by atoms with Gasteiger partial charge in [0.05, 0.1) is 11.8 Å². The van der Waals surface area contributed by atoms with E-state index in [1.807, 2.05) is 30.3 Å². The van der Waals surface area contributed by atoms with Crippen molar-refractivity contribution in [3.8, 4) is 0 Å². The van der Waals surface area contributed by atoms with E-state index in [1.165, 1.54) is 6.26 Å². The van der Waals surface area contributed by atoms with Crippen LogP contribution in [0.4, 0.5) is 0 Å². The molecule has 23 heavy (non-hydrogen) atoms. The topological polar surface area (TPSA) is 83.4 Å². The fourth-order valence-electron chi connectivity index (χ4n) is 1.92. The van der Waals surface area contributed by atoms with Crippen LogP contribution in [0.15, 0.2) is 47.1 Å². The molecule has 0 aliphatic rings. The molecule has 0 saturated heterocycles. The lowest BCUT2D eigenvalue weighted by Gasteiger charge is -2.10. The lowest BCUT2D eigenvalue weighted by Crippen LogP contribution is -2.48. The molecule has 7 heteroatoms. The SMILES string of the molecule is Cc1occc1C(=O)NNC(=S)NC(=O)CCc1ccccc1. The number of thiocarbonyl (C=S) groups is 1. The van der Waals surface area contributed by atoms with Gasteiger partial charge in [0.15, 0.2) is 5.11 Å². The Labute approximate surface area is 139 Å². The third kappa shape index (κ3) is 5.23. The van der Waals surface area contributed by atoms with Gasteiger partial charge in [-0.2, -0.15) is 0 Å². The molecule has 2 rings (SSSR count). The Kier molecular flexibility index (Phi) is 5.87. The lowest BCUT2D eigenvalue weighted by molar-refractivity contribution is -0.119. The standard InChI is InChI=1S/C16H17N3O3S/c1-11-13(9-10-22-11)15(21)18-19-16(23)17-14(20)8-7-12-5-3-2-4-6-12/h2-6,9-10H,7-8H2,1H3,(H,18,21)(H2,17,19,20,23). The predicted octanol–water partition coefficient (Wildman–Crippen LogP) is 1.86. The first-order valence-corrected chi connectivity index (χ1v) is 7.45. The van der Waals surface area contributed by atoms with Crippen LogP contribution < -0.4 is 16.2 Å². The van der Waals surface area contributed by atoms with Crippen LogP contribution >= 0.6 is 12.2 Å². The van der Waals surface area contributed by atoms with Crippen molar-refractivity contribution >= 4 is 29.1 Å². The number of benzene rings is 1. The van der Waals surface area contributed by atoms with E-state index >= 15 is 0 Å². The molecule has 2 aromatic rings. The Balaban J connectivity index is 1.71. The van der Waals surface area contributed by atoms with Gasteiger partial charge in [-0.1, -0.05) is 30.3 Å². The molecule has 0 saturated carbocycles. The second-order valence-corrected chi connectivity index (χ2v) is 5.24. The molecule has 0 aliphatic carbocycles. The van der Waals surface area contributed by atoms with E-state index in [4.69, 9.17) is 16.6 Å². The van der Waals surface area contributed by atoms with Crippen LogP contribution in [0.2, 0.25) is 0 Å². The summed E-state index contributed by atoms with van der Waals surface area (Å²) in [5.74, 6) is -0.112. The molecule has 2 amide bonds. The zero-order chi connectivity index (χ0) is 16.7. The molecule has 1 heterocycles. The minimum Gasteiger partial charge on any atom is -0.469 e. The number of hydrogen-bond acceptors (Lipinski definition) is 4. The Morgan fingerprint density at radius 2 is 1.87 bits per heavy atom. The maximum atomic E-state index is 11.8. The summed E-state index contributed by atoms with van der Waals surface area (Å²) in [6.45, 7) is 1.68. The minimum absolute atomic E-state index is 0.0394. The number of nitrogens with one attached hydrogen (secondary N) is 3. The summed E-state index contributed by atoms with van der Waals surface area (Å²) in [4.78, 5) is 23.6. The molecule has 1 aromatic heterocycles. The van der Waals surface area contributed by atoms with E-state index in [-0.39, 0.29) is 11.0 Å². The maximum absolute atomic E-state index is 11.8. The first kappa shape index (κ1) is 16.7.